The molecule has 0 radical (unpaired) electrons. The smallest absolute Gasteiger partial charge is 0.144 e. The van der Waals surface area contributed by atoms with E-state index in [1.165, 1.54) is 21.4 Å². The molecule has 4 heteroatoms. The van der Waals surface area contributed by atoms with Gasteiger partial charge in [0.15, 0.2) is 0 Å². The first-order valence-corrected chi connectivity index (χ1v) is 13.6. The summed E-state index contributed by atoms with van der Waals surface area (Å²) in [7, 11) is 0. The lowest BCUT2D eigenvalue weighted by Gasteiger charge is -2.18. The van der Waals surface area contributed by atoms with Gasteiger partial charge in [-0.25, -0.2) is 4.98 Å². The highest BCUT2D eigenvalue weighted by molar-refractivity contribution is 7.18. The van der Waals surface area contributed by atoms with Crippen LogP contribution in [0.25, 0.3) is 54.5 Å². The van der Waals surface area contributed by atoms with E-state index in [-0.39, 0.29) is 5.41 Å². The van der Waals surface area contributed by atoms with Crippen LogP contribution in [0.5, 0.6) is 0 Å². The molecule has 3 aromatic heterocycles. The second kappa shape index (κ2) is 8.53. The fourth-order valence-electron chi connectivity index (χ4n) is 5.19. The zero-order valence-electron chi connectivity index (χ0n) is 23.5. The van der Waals surface area contributed by atoms with Crippen LogP contribution in [0.1, 0.15) is 63.6 Å². The number of para-hydroxylation sites is 1. The summed E-state index contributed by atoms with van der Waals surface area (Å²) in [5, 5.41) is 3.30. The average molecular weight is 506 g/mol. The van der Waals surface area contributed by atoms with Crippen molar-refractivity contribution >= 4 is 43.5 Å². The third-order valence-electron chi connectivity index (χ3n) is 7.12. The van der Waals surface area contributed by atoms with Crippen molar-refractivity contribution in [2.45, 2.75) is 59.8 Å². The van der Waals surface area contributed by atoms with Crippen LogP contribution >= 0.6 is 11.3 Å². The first-order valence-electron chi connectivity index (χ1n) is 13.3. The molecular weight excluding hydrogens is 472 g/mol. The summed E-state index contributed by atoms with van der Waals surface area (Å²) in [6.07, 6.45) is 1.87. The monoisotopic (exact) mass is 505 g/mol. The topological polar surface area (TPSA) is 38.9 Å². The zero-order chi connectivity index (χ0) is 27.0. The summed E-state index contributed by atoms with van der Waals surface area (Å²) < 4.78 is 16.5. The van der Waals surface area contributed by atoms with Crippen LogP contribution in [0.15, 0.2) is 65.2 Å². The van der Waals surface area contributed by atoms with E-state index in [4.69, 9.17) is 15.8 Å². The van der Waals surface area contributed by atoms with Crippen molar-refractivity contribution in [3.8, 4) is 22.4 Å². The molecule has 3 aromatic carbocycles. The summed E-state index contributed by atoms with van der Waals surface area (Å²) in [5.41, 5.74) is 9.97. The quantitative estimate of drug-likeness (QED) is 0.240. The van der Waals surface area contributed by atoms with E-state index in [9.17, 15) is 0 Å². The van der Waals surface area contributed by atoms with Crippen molar-refractivity contribution in [2.24, 2.45) is 0 Å². The molecule has 0 spiro atoms. The van der Waals surface area contributed by atoms with Gasteiger partial charge >= 0.3 is 0 Å². The highest BCUT2D eigenvalue weighted by atomic mass is 32.1. The van der Waals surface area contributed by atoms with Crippen LogP contribution in [-0.2, 0) is 5.41 Å². The Morgan fingerprint density at radius 1 is 0.919 bits per heavy atom. The number of aryl methyl sites for hydroxylation is 2. The Bertz CT molecular complexity index is 1840. The molecule has 0 bridgehead atoms. The number of rotatable bonds is 3. The van der Waals surface area contributed by atoms with Gasteiger partial charge in [-0.05, 0) is 65.8 Å². The highest BCUT2D eigenvalue weighted by Gasteiger charge is 2.21. The van der Waals surface area contributed by atoms with Crippen LogP contribution < -0.4 is 0 Å². The normalized spacial score (nSPS) is 13.1. The molecular formula is C33H32N2OS. The van der Waals surface area contributed by atoms with E-state index in [1.54, 1.807) is 11.3 Å². The Balaban J connectivity index is 1.58. The van der Waals surface area contributed by atoms with Crippen LogP contribution in [-0.4, -0.2) is 9.97 Å². The van der Waals surface area contributed by atoms with Gasteiger partial charge in [0.2, 0.25) is 0 Å². The summed E-state index contributed by atoms with van der Waals surface area (Å²) in [5.74, 6) is -0.786. The van der Waals surface area contributed by atoms with E-state index >= 15 is 0 Å². The molecule has 6 rings (SSSR count). The van der Waals surface area contributed by atoms with Crippen molar-refractivity contribution < 1.29 is 5.79 Å². The van der Waals surface area contributed by atoms with Gasteiger partial charge in [-0.3, -0.25) is 4.98 Å². The number of hydrogen-bond donors (Lipinski definition) is 0. The number of hydrogen-bond acceptors (Lipinski definition) is 4. The number of nitrogens with zero attached hydrogens (tertiary/aromatic N) is 2. The second-order valence-corrected chi connectivity index (χ2v) is 12.3. The Labute approximate surface area is 223 Å². The van der Waals surface area contributed by atoms with Crippen molar-refractivity contribution in [1.29, 1.82) is 0 Å². The molecule has 0 aliphatic rings. The lowest BCUT2D eigenvalue weighted by atomic mass is 9.88. The molecule has 3 heterocycles. The average Bonchev–Trinajstić information content (AvgIpc) is 3.42. The van der Waals surface area contributed by atoms with E-state index in [0.29, 0.717) is 0 Å². The van der Waals surface area contributed by atoms with Gasteiger partial charge in [0.05, 0.1) is 20.9 Å². The van der Waals surface area contributed by atoms with E-state index in [2.05, 4.69) is 89.2 Å². The summed E-state index contributed by atoms with van der Waals surface area (Å²) in [6, 6.07) is 19.0. The number of furan rings is 1. The minimum absolute atomic E-state index is 0.0126. The predicted molar refractivity (Wildman–Crippen MR) is 158 cm³/mol. The molecule has 0 aliphatic heterocycles. The van der Waals surface area contributed by atoms with Gasteiger partial charge in [-0.1, -0.05) is 65.0 Å². The van der Waals surface area contributed by atoms with Crippen LogP contribution in [0.3, 0.4) is 0 Å². The number of fused-ring (bicyclic) bond motifs is 4. The Morgan fingerprint density at radius 2 is 1.65 bits per heavy atom. The summed E-state index contributed by atoms with van der Waals surface area (Å²) in [6.45, 7) is 14.7. The molecule has 6 aromatic rings. The van der Waals surface area contributed by atoms with Gasteiger partial charge in [0, 0.05) is 35.4 Å². The van der Waals surface area contributed by atoms with Gasteiger partial charge in [0.1, 0.15) is 11.2 Å². The van der Waals surface area contributed by atoms with E-state index in [0.717, 1.165) is 54.8 Å². The lowest BCUT2D eigenvalue weighted by molar-refractivity contribution is 0.587. The zero-order valence-corrected chi connectivity index (χ0v) is 23.3. The molecule has 0 N–H and O–H groups in total. The summed E-state index contributed by atoms with van der Waals surface area (Å²) >= 11 is 1.75. The van der Waals surface area contributed by atoms with Gasteiger partial charge in [0.25, 0.3) is 0 Å². The predicted octanol–water partition coefficient (Wildman–Crippen LogP) is 9.96. The van der Waals surface area contributed by atoms with Crippen molar-refractivity contribution in [3.05, 3.63) is 82.5 Å². The molecule has 0 unspecified atom stereocenters. The number of pyridine rings is 1. The third kappa shape index (κ3) is 3.95. The minimum Gasteiger partial charge on any atom is -0.455 e. The maximum absolute atomic E-state index is 8.83. The van der Waals surface area contributed by atoms with Gasteiger partial charge in [-0.2, -0.15) is 0 Å². The highest BCUT2D eigenvalue weighted by Crippen LogP contribution is 2.41. The summed E-state index contributed by atoms with van der Waals surface area (Å²) in [4.78, 5) is 9.78. The molecule has 0 fully saturated rings. The Hall–Kier alpha value is -3.50. The first kappa shape index (κ1) is 22.7. The minimum atomic E-state index is -0.786. The number of thiazole rings is 1. The van der Waals surface area contributed by atoms with E-state index < -0.39 is 5.89 Å². The SMILES string of the molecule is [2H]C(C)(C)c1cnc(-c2cccc3c2oc2cc4nc(C(C)(C)C)sc4cc23)cc1-c1c(C)cccc1C. The fourth-order valence-corrected chi connectivity index (χ4v) is 6.23. The maximum Gasteiger partial charge on any atom is 0.144 e. The molecule has 0 amide bonds. The fraction of sp³-hybridized carbons (Fsp3) is 0.273. The lowest BCUT2D eigenvalue weighted by Crippen LogP contribution is -2.09. The molecule has 0 saturated heterocycles. The Morgan fingerprint density at radius 3 is 2.35 bits per heavy atom. The first-order chi connectivity index (χ1) is 17.9. The van der Waals surface area contributed by atoms with Crippen molar-refractivity contribution in [3.63, 3.8) is 0 Å². The van der Waals surface area contributed by atoms with Gasteiger partial charge < -0.3 is 4.42 Å². The number of benzene rings is 3. The second-order valence-electron chi connectivity index (χ2n) is 11.3. The van der Waals surface area contributed by atoms with Crippen LogP contribution in [0.4, 0.5) is 0 Å². The molecule has 186 valence electrons. The third-order valence-corrected chi connectivity index (χ3v) is 8.56. The van der Waals surface area contributed by atoms with Gasteiger partial charge in [-0.15, -0.1) is 11.3 Å². The van der Waals surface area contributed by atoms with Crippen molar-refractivity contribution in [1.82, 2.24) is 9.97 Å². The number of aromatic nitrogens is 2. The molecule has 0 aliphatic carbocycles. The van der Waals surface area contributed by atoms with Crippen LogP contribution in [0, 0.1) is 13.8 Å². The molecule has 3 nitrogen and oxygen atoms in total. The molecule has 0 saturated carbocycles. The molecule has 37 heavy (non-hydrogen) atoms. The molecule has 0 atom stereocenters. The maximum atomic E-state index is 8.83. The largest absolute Gasteiger partial charge is 0.455 e. The van der Waals surface area contributed by atoms with E-state index in [1.807, 2.05) is 20.0 Å². The van der Waals surface area contributed by atoms with Crippen LogP contribution in [0.2, 0.25) is 0 Å². The Kier molecular flexibility index (Phi) is 5.23. The van der Waals surface area contributed by atoms with Crippen molar-refractivity contribution in [2.75, 3.05) is 0 Å². The standard InChI is InChI=1S/C33H32N2OS/c1-18(2)25-17-34-26(14-24(25)30-19(3)10-8-11-20(30)4)22-13-9-12-21-23-15-29-27(16-28(23)36-31(21)22)35-32(37-29)33(5,6)7/h8-18H,1-7H3/i18D.